The Kier molecular flexibility index (Phi) is 6.24. The Morgan fingerprint density at radius 3 is 2.23 bits per heavy atom. The van der Waals surface area contributed by atoms with Crippen molar-refractivity contribution in [2.45, 2.75) is 0 Å². The van der Waals surface area contributed by atoms with Crippen molar-refractivity contribution in [2.24, 2.45) is 0 Å². The second kappa shape index (κ2) is 8.39. The van der Waals surface area contributed by atoms with Crippen molar-refractivity contribution in [3.8, 4) is 5.75 Å². The van der Waals surface area contributed by atoms with Gasteiger partial charge in [-0.3, -0.25) is 9.59 Å². The fraction of sp³-hybridized carbons (Fsp3) is 0.222. The van der Waals surface area contributed by atoms with Crippen molar-refractivity contribution in [2.75, 3.05) is 38.4 Å². The van der Waals surface area contributed by atoms with Crippen LogP contribution in [0.5, 0.6) is 5.75 Å². The first kappa shape index (κ1) is 19.3. The maximum absolute atomic E-state index is 14.1. The van der Waals surface area contributed by atoms with E-state index in [-0.39, 0.29) is 23.9 Å². The number of benzene rings is 2. The molecule has 0 saturated carbocycles. The predicted octanol–water partition coefficient (Wildman–Crippen LogP) is 2.73. The van der Waals surface area contributed by atoms with Crippen LogP contribution in [0.4, 0.5) is 20.2 Å². The summed E-state index contributed by atoms with van der Waals surface area (Å²) in [7, 11) is 4.73. The van der Waals surface area contributed by atoms with Gasteiger partial charge in [0, 0.05) is 0 Å². The Morgan fingerprint density at radius 2 is 1.65 bits per heavy atom. The summed E-state index contributed by atoms with van der Waals surface area (Å²) in [6.07, 6.45) is 0. The van der Waals surface area contributed by atoms with Gasteiger partial charge in [-0.25, -0.2) is 8.78 Å². The number of anilines is 2. The standard InChI is InChI=1S/C18H19F2N3O3/c1-23(2)10-15(24)21-12-6-4-5-7-13(12)22-18(25)16-14(26-3)9-8-11(19)17(16)20/h4-9H,10H2,1-3H3,(H,21,24)(H,22,25). The molecule has 2 N–H and O–H groups in total. The summed E-state index contributed by atoms with van der Waals surface area (Å²) in [5, 5.41) is 5.13. The van der Waals surface area contributed by atoms with Crippen LogP contribution in [0.25, 0.3) is 0 Å². The van der Waals surface area contributed by atoms with Crippen molar-refractivity contribution in [1.82, 2.24) is 4.90 Å². The molecule has 2 amide bonds. The van der Waals surface area contributed by atoms with Gasteiger partial charge >= 0.3 is 0 Å². The molecule has 26 heavy (non-hydrogen) atoms. The predicted molar refractivity (Wildman–Crippen MR) is 94.5 cm³/mol. The van der Waals surface area contributed by atoms with Gasteiger partial charge in [-0.05, 0) is 38.4 Å². The summed E-state index contributed by atoms with van der Waals surface area (Å²) in [5.74, 6) is -3.76. The Morgan fingerprint density at radius 1 is 1.04 bits per heavy atom. The highest BCUT2D eigenvalue weighted by Gasteiger charge is 2.22. The van der Waals surface area contributed by atoms with Crippen LogP contribution in [0.3, 0.4) is 0 Å². The minimum absolute atomic E-state index is 0.101. The van der Waals surface area contributed by atoms with Crippen LogP contribution in [0, 0.1) is 11.6 Å². The molecule has 0 aliphatic heterocycles. The SMILES string of the molecule is COc1ccc(F)c(F)c1C(=O)Nc1ccccc1NC(=O)CN(C)C. The molecule has 0 aromatic heterocycles. The Bertz CT molecular complexity index is 825. The number of nitrogens with zero attached hydrogens (tertiary/aromatic N) is 1. The average molecular weight is 363 g/mol. The molecule has 0 heterocycles. The molecule has 8 heteroatoms. The molecular formula is C18H19F2N3O3. The molecule has 0 spiro atoms. The summed E-state index contributed by atoms with van der Waals surface area (Å²) in [5.41, 5.74) is 0.0284. The summed E-state index contributed by atoms with van der Waals surface area (Å²) in [4.78, 5) is 26.1. The lowest BCUT2D eigenvalue weighted by atomic mass is 10.1. The number of para-hydroxylation sites is 2. The third-order valence-corrected chi connectivity index (χ3v) is 3.41. The molecule has 2 aromatic rings. The topological polar surface area (TPSA) is 70.7 Å². The Labute approximate surface area is 149 Å². The van der Waals surface area contributed by atoms with Crippen molar-refractivity contribution in [1.29, 1.82) is 0 Å². The lowest BCUT2D eigenvalue weighted by molar-refractivity contribution is -0.116. The zero-order valence-electron chi connectivity index (χ0n) is 14.6. The minimum atomic E-state index is -1.31. The molecule has 0 bridgehead atoms. The molecule has 0 fully saturated rings. The first-order chi connectivity index (χ1) is 12.3. The number of methoxy groups -OCH3 is 1. The fourth-order valence-corrected chi connectivity index (χ4v) is 2.28. The highest BCUT2D eigenvalue weighted by atomic mass is 19.2. The van der Waals surface area contributed by atoms with Crippen molar-refractivity contribution < 1.29 is 23.1 Å². The van der Waals surface area contributed by atoms with E-state index >= 15 is 0 Å². The third kappa shape index (κ3) is 4.54. The van der Waals surface area contributed by atoms with Gasteiger partial charge in [-0.2, -0.15) is 0 Å². The molecule has 0 aliphatic carbocycles. The largest absolute Gasteiger partial charge is 0.496 e. The van der Waals surface area contributed by atoms with Crippen molar-refractivity contribution in [3.63, 3.8) is 0 Å². The van der Waals surface area contributed by atoms with E-state index in [0.29, 0.717) is 5.69 Å². The van der Waals surface area contributed by atoms with Crippen LogP contribution in [0.1, 0.15) is 10.4 Å². The van der Waals surface area contributed by atoms with E-state index in [1.807, 2.05) is 0 Å². The maximum Gasteiger partial charge on any atom is 0.262 e. The maximum atomic E-state index is 14.1. The molecule has 2 aromatic carbocycles. The monoisotopic (exact) mass is 363 g/mol. The van der Waals surface area contributed by atoms with E-state index in [2.05, 4.69) is 10.6 Å². The molecule has 2 rings (SSSR count). The molecule has 0 atom stereocenters. The minimum Gasteiger partial charge on any atom is -0.496 e. The molecular weight excluding hydrogens is 344 g/mol. The smallest absolute Gasteiger partial charge is 0.262 e. The normalized spacial score (nSPS) is 10.5. The van der Waals surface area contributed by atoms with E-state index in [1.165, 1.54) is 13.2 Å². The van der Waals surface area contributed by atoms with E-state index < -0.39 is 23.1 Å². The van der Waals surface area contributed by atoms with Gasteiger partial charge in [-0.15, -0.1) is 0 Å². The average Bonchev–Trinajstić information content (AvgIpc) is 2.58. The van der Waals surface area contributed by atoms with Gasteiger partial charge in [0.05, 0.1) is 25.0 Å². The molecule has 138 valence electrons. The molecule has 6 nitrogen and oxygen atoms in total. The van der Waals surface area contributed by atoms with Crippen LogP contribution >= 0.6 is 0 Å². The van der Waals surface area contributed by atoms with E-state index in [1.54, 1.807) is 37.2 Å². The summed E-state index contributed by atoms with van der Waals surface area (Å²) >= 11 is 0. The van der Waals surface area contributed by atoms with Gasteiger partial charge < -0.3 is 20.3 Å². The summed E-state index contributed by atoms with van der Waals surface area (Å²) in [6.45, 7) is 0.147. The fourth-order valence-electron chi connectivity index (χ4n) is 2.28. The zero-order valence-corrected chi connectivity index (χ0v) is 14.6. The summed E-state index contributed by atoms with van der Waals surface area (Å²) < 4.78 is 32.5. The van der Waals surface area contributed by atoms with Crippen molar-refractivity contribution in [3.05, 3.63) is 53.6 Å². The molecule has 0 radical (unpaired) electrons. The van der Waals surface area contributed by atoms with Crippen LogP contribution in [-0.2, 0) is 4.79 Å². The number of nitrogens with one attached hydrogen (secondary N) is 2. The Balaban J connectivity index is 2.28. The lowest BCUT2D eigenvalue weighted by Gasteiger charge is -2.15. The van der Waals surface area contributed by atoms with E-state index in [4.69, 9.17) is 4.74 Å². The number of hydrogen-bond donors (Lipinski definition) is 2. The number of halogens is 2. The first-order valence-corrected chi connectivity index (χ1v) is 7.70. The number of ether oxygens (including phenoxy) is 1. The number of amides is 2. The van der Waals surface area contributed by atoms with Crippen molar-refractivity contribution >= 4 is 23.2 Å². The van der Waals surface area contributed by atoms with Crippen LogP contribution < -0.4 is 15.4 Å². The van der Waals surface area contributed by atoms with Crippen LogP contribution in [-0.4, -0.2) is 44.5 Å². The lowest BCUT2D eigenvalue weighted by Crippen LogP contribution is -2.27. The quantitative estimate of drug-likeness (QED) is 0.828. The van der Waals surface area contributed by atoms with Gasteiger partial charge in [0.15, 0.2) is 11.6 Å². The summed E-state index contributed by atoms with van der Waals surface area (Å²) in [6, 6.07) is 8.47. The van der Waals surface area contributed by atoms with Gasteiger partial charge in [0.25, 0.3) is 5.91 Å². The van der Waals surface area contributed by atoms with Crippen LogP contribution in [0.2, 0.25) is 0 Å². The van der Waals surface area contributed by atoms with Gasteiger partial charge in [0.2, 0.25) is 5.91 Å². The highest BCUT2D eigenvalue weighted by Crippen LogP contribution is 2.27. The number of carbonyl (C=O) groups is 2. The van der Waals surface area contributed by atoms with E-state index in [9.17, 15) is 18.4 Å². The highest BCUT2D eigenvalue weighted by molar-refractivity contribution is 6.09. The Hall–Kier alpha value is -3.00. The second-order valence-electron chi connectivity index (χ2n) is 5.72. The number of carbonyl (C=O) groups excluding carboxylic acids is 2. The second-order valence-corrected chi connectivity index (χ2v) is 5.72. The number of hydrogen-bond acceptors (Lipinski definition) is 4. The number of rotatable bonds is 6. The molecule has 0 saturated heterocycles. The molecule has 0 aliphatic rings. The van der Waals surface area contributed by atoms with Gasteiger partial charge in [-0.1, -0.05) is 12.1 Å². The zero-order chi connectivity index (χ0) is 19.3. The first-order valence-electron chi connectivity index (χ1n) is 7.70. The van der Waals surface area contributed by atoms with Crippen LogP contribution in [0.15, 0.2) is 36.4 Å². The van der Waals surface area contributed by atoms with Gasteiger partial charge in [0.1, 0.15) is 11.3 Å². The molecule has 0 unspecified atom stereocenters. The van der Waals surface area contributed by atoms with E-state index in [0.717, 1.165) is 12.1 Å². The number of likely N-dealkylation sites (N-methyl/N-ethyl adjacent to an activating group) is 1. The third-order valence-electron chi connectivity index (χ3n) is 3.41.